The van der Waals surface area contributed by atoms with Crippen molar-refractivity contribution in [2.24, 2.45) is 0 Å². The minimum atomic E-state index is -0.457. The maximum Gasteiger partial charge on any atom is 0.251 e. The van der Waals surface area contributed by atoms with Crippen LogP contribution in [0.15, 0.2) is 36.4 Å². The lowest BCUT2D eigenvalue weighted by Crippen LogP contribution is -2.23. The summed E-state index contributed by atoms with van der Waals surface area (Å²) in [6, 6.07) is 8.71. The molecule has 0 bridgehead atoms. The Labute approximate surface area is 116 Å². The molecule has 0 spiro atoms. The molecule has 0 aromatic heterocycles. The van der Waals surface area contributed by atoms with Gasteiger partial charge in [0.25, 0.3) is 5.91 Å². The minimum Gasteiger partial charge on any atom is -0.508 e. The van der Waals surface area contributed by atoms with E-state index in [0.29, 0.717) is 16.8 Å². The highest BCUT2D eigenvalue weighted by Crippen LogP contribution is 2.19. The summed E-state index contributed by atoms with van der Waals surface area (Å²) in [4.78, 5) is 11.9. The second-order valence-electron chi connectivity index (χ2n) is 4.59. The van der Waals surface area contributed by atoms with Gasteiger partial charge in [-0.2, -0.15) is 0 Å². The number of carbonyl (C=O) groups is 1. The van der Waals surface area contributed by atoms with Crippen LogP contribution in [0.1, 0.15) is 21.5 Å². The molecule has 4 N–H and O–H groups in total. The largest absolute Gasteiger partial charge is 0.508 e. The van der Waals surface area contributed by atoms with Crippen molar-refractivity contribution < 1.29 is 14.3 Å². The standard InChI is InChI=1S/C15H15FN2O2/c1-9-4-10(6-12(16)5-9)15(20)18-8-11-7-13(17)2-3-14(11)19/h2-7,19H,8,17H2,1H3,(H,18,20). The van der Waals surface area contributed by atoms with E-state index in [1.54, 1.807) is 25.1 Å². The average molecular weight is 274 g/mol. The third-order valence-corrected chi connectivity index (χ3v) is 2.85. The van der Waals surface area contributed by atoms with Crippen LogP contribution in [0.4, 0.5) is 10.1 Å². The Kier molecular flexibility index (Phi) is 3.89. The molecule has 0 heterocycles. The van der Waals surface area contributed by atoms with Crippen LogP contribution in [0.25, 0.3) is 0 Å². The van der Waals surface area contributed by atoms with E-state index in [9.17, 15) is 14.3 Å². The van der Waals surface area contributed by atoms with Gasteiger partial charge in [0.1, 0.15) is 11.6 Å². The van der Waals surface area contributed by atoms with E-state index in [1.807, 2.05) is 0 Å². The van der Waals surface area contributed by atoms with Crippen molar-refractivity contribution in [3.8, 4) is 5.75 Å². The normalized spacial score (nSPS) is 10.3. The van der Waals surface area contributed by atoms with E-state index in [4.69, 9.17) is 5.73 Å². The molecule has 1 amide bonds. The fraction of sp³-hybridized carbons (Fsp3) is 0.133. The van der Waals surface area contributed by atoms with Crippen molar-refractivity contribution in [2.75, 3.05) is 5.73 Å². The number of benzene rings is 2. The summed E-state index contributed by atoms with van der Waals surface area (Å²) in [5.74, 6) is -0.814. The monoisotopic (exact) mass is 274 g/mol. The van der Waals surface area contributed by atoms with Gasteiger partial charge in [0.15, 0.2) is 0 Å². The minimum absolute atomic E-state index is 0.0509. The molecule has 0 fully saturated rings. The van der Waals surface area contributed by atoms with E-state index in [1.165, 1.54) is 18.2 Å². The second-order valence-corrected chi connectivity index (χ2v) is 4.59. The predicted octanol–water partition coefficient (Wildman–Crippen LogP) is 2.35. The highest BCUT2D eigenvalue weighted by Gasteiger charge is 2.09. The van der Waals surface area contributed by atoms with Gasteiger partial charge in [-0.25, -0.2) is 4.39 Å². The van der Waals surface area contributed by atoms with Crippen molar-refractivity contribution in [1.29, 1.82) is 0 Å². The molecule has 5 heteroatoms. The van der Waals surface area contributed by atoms with Crippen molar-refractivity contribution >= 4 is 11.6 Å². The summed E-state index contributed by atoms with van der Waals surface area (Å²) in [5.41, 5.74) is 7.52. The lowest BCUT2D eigenvalue weighted by molar-refractivity contribution is 0.0950. The van der Waals surface area contributed by atoms with Crippen molar-refractivity contribution in [1.82, 2.24) is 5.32 Å². The summed E-state index contributed by atoms with van der Waals surface area (Å²) < 4.78 is 13.2. The molecule has 0 atom stereocenters. The second kappa shape index (κ2) is 5.61. The van der Waals surface area contributed by atoms with Gasteiger partial charge < -0.3 is 16.2 Å². The van der Waals surface area contributed by atoms with Crippen LogP contribution in [-0.4, -0.2) is 11.0 Å². The molecule has 2 aromatic carbocycles. The number of aryl methyl sites for hydroxylation is 1. The first-order chi connectivity index (χ1) is 9.45. The number of hydrogen-bond acceptors (Lipinski definition) is 3. The van der Waals surface area contributed by atoms with Gasteiger partial charge in [-0.3, -0.25) is 4.79 Å². The average Bonchev–Trinajstić information content (AvgIpc) is 2.38. The maximum atomic E-state index is 13.2. The molecule has 2 rings (SSSR count). The Morgan fingerprint density at radius 2 is 2.05 bits per heavy atom. The smallest absolute Gasteiger partial charge is 0.251 e. The molecule has 0 aliphatic carbocycles. The zero-order valence-electron chi connectivity index (χ0n) is 11.0. The summed E-state index contributed by atoms with van der Waals surface area (Å²) >= 11 is 0. The number of amides is 1. The number of phenolic OH excluding ortho intramolecular Hbond substituents is 1. The number of phenols is 1. The van der Waals surface area contributed by atoms with E-state index < -0.39 is 11.7 Å². The number of nitrogens with one attached hydrogen (secondary N) is 1. The van der Waals surface area contributed by atoms with Gasteiger partial charge in [0.05, 0.1) is 0 Å². The maximum absolute atomic E-state index is 13.2. The number of nitrogen functional groups attached to an aromatic ring is 1. The Morgan fingerprint density at radius 3 is 2.75 bits per heavy atom. The molecule has 0 aliphatic rings. The quantitative estimate of drug-likeness (QED) is 0.594. The first-order valence-electron chi connectivity index (χ1n) is 6.08. The number of nitrogens with two attached hydrogens (primary N) is 1. The van der Waals surface area contributed by atoms with Crippen LogP contribution in [0.2, 0.25) is 0 Å². The first kappa shape index (κ1) is 13.9. The summed E-state index contributed by atoms with van der Waals surface area (Å²) in [6.07, 6.45) is 0. The molecule has 2 aromatic rings. The van der Waals surface area contributed by atoms with Gasteiger partial charge in [0, 0.05) is 23.4 Å². The number of anilines is 1. The topological polar surface area (TPSA) is 75.4 Å². The number of hydrogen-bond donors (Lipinski definition) is 3. The molecule has 0 aliphatic heterocycles. The zero-order valence-corrected chi connectivity index (χ0v) is 11.0. The van der Waals surface area contributed by atoms with Gasteiger partial charge in [-0.1, -0.05) is 0 Å². The Balaban J connectivity index is 2.10. The number of aromatic hydroxyl groups is 1. The van der Waals surface area contributed by atoms with Crippen LogP contribution in [-0.2, 0) is 6.54 Å². The van der Waals surface area contributed by atoms with Gasteiger partial charge in [0.2, 0.25) is 0 Å². The van der Waals surface area contributed by atoms with Gasteiger partial charge in [-0.15, -0.1) is 0 Å². The van der Waals surface area contributed by atoms with Crippen LogP contribution in [0.3, 0.4) is 0 Å². The number of rotatable bonds is 3. The molecule has 0 unspecified atom stereocenters. The number of carbonyl (C=O) groups excluding carboxylic acids is 1. The molecule has 104 valence electrons. The Morgan fingerprint density at radius 1 is 1.30 bits per heavy atom. The highest BCUT2D eigenvalue weighted by atomic mass is 19.1. The van der Waals surface area contributed by atoms with Crippen molar-refractivity contribution in [3.05, 3.63) is 58.9 Å². The van der Waals surface area contributed by atoms with Crippen molar-refractivity contribution in [2.45, 2.75) is 13.5 Å². The van der Waals surface area contributed by atoms with E-state index in [-0.39, 0.29) is 17.9 Å². The van der Waals surface area contributed by atoms with Crippen LogP contribution >= 0.6 is 0 Å². The van der Waals surface area contributed by atoms with E-state index in [2.05, 4.69) is 5.32 Å². The SMILES string of the molecule is Cc1cc(F)cc(C(=O)NCc2cc(N)ccc2O)c1. The number of halogens is 1. The summed E-state index contributed by atoms with van der Waals surface area (Å²) in [6.45, 7) is 1.83. The summed E-state index contributed by atoms with van der Waals surface area (Å²) in [5, 5.41) is 12.3. The molecular weight excluding hydrogens is 259 g/mol. The fourth-order valence-corrected chi connectivity index (χ4v) is 1.89. The van der Waals surface area contributed by atoms with Crippen molar-refractivity contribution in [3.63, 3.8) is 0 Å². The molecular formula is C15H15FN2O2. The zero-order chi connectivity index (χ0) is 14.7. The first-order valence-corrected chi connectivity index (χ1v) is 6.08. The van der Waals surface area contributed by atoms with Gasteiger partial charge in [-0.05, 0) is 48.9 Å². The summed E-state index contributed by atoms with van der Waals surface area (Å²) in [7, 11) is 0. The molecule has 4 nitrogen and oxygen atoms in total. The third-order valence-electron chi connectivity index (χ3n) is 2.85. The molecule has 20 heavy (non-hydrogen) atoms. The van der Waals surface area contributed by atoms with E-state index in [0.717, 1.165) is 0 Å². The van der Waals surface area contributed by atoms with Gasteiger partial charge >= 0.3 is 0 Å². The lowest BCUT2D eigenvalue weighted by Gasteiger charge is -2.08. The molecule has 0 saturated carbocycles. The van der Waals surface area contributed by atoms with Crippen LogP contribution < -0.4 is 11.1 Å². The Bertz CT molecular complexity index is 636. The predicted molar refractivity (Wildman–Crippen MR) is 74.8 cm³/mol. The lowest BCUT2D eigenvalue weighted by atomic mass is 10.1. The fourth-order valence-electron chi connectivity index (χ4n) is 1.89. The highest BCUT2D eigenvalue weighted by molar-refractivity contribution is 5.94. The van der Waals surface area contributed by atoms with Crippen LogP contribution in [0, 0.1) is 12.7 Å². The Hall–Kier alpha value is -2.56. The third kappa shape index (κ3) is 3.26. The molecule has 0 saturated heterocycles. The van der Waals surface area contributed by atoms with Crippen LogP contribution in [0.5, 0.6) is 5.75 Å². The van der Waals surface area contributed by atoms with E-state index >= 15 is 0 Å². The molecule has 0 radical (unpaired) electrons.